The standard InChI is InChI=1S/C11H16O4S/c1-12-7-14-10-3-9(6-16)4-11(5-10)15-8-13-2/h3-5,16H,6-8H2,1-2H3. The first-order valence-electron chi connectivity index (χ1n) is 4.78. The molecule has 4 nitrogen and oxygen atoms in total. The maximum absolute atomic E-state index is 5.34. The number of hydrogen-bond donors (Lipinski definition) is 1. The molecule has 5 heteroatoms. The lowest BCUT2D eigenvalue weighted by molar-refractivity contribution is 0.0460. The minimum absolute atomic E-state index is 0.208. The van der Waals surface area contributed by atoms with Crippen LogP contribution >= 0.6 is 12.6 Å². The first-order valence-corrected chi connectivity index (χ1v) is 5.41. The Kier molecular flexibility index (Phi) is 6.07. The van der Waals surface area contributed by atoms with Gasteiger partial charge in [0.2, 0.25) is 0 Å². The van der Waals surface area contributed by atoms with E-state index in [-0.39, 0.29) is 13.6 Å². The number of benzene rings is 1. The van der Waals surface area contributed by atoms with Gasteiger partial charge in [0.15, 0.2) is 13.6 Å². The van der Waals surface area contributed by atoms with Crippen LogP contribution in [0.5, 0.6) is 11.5 Å². The van der Waals surface area contributed by atoms with Crippen LogP contribution in [-0.4, -0.2) is 27.8 Å². The highest BCUT2D eigenvalue weighted by Crippen LogP contribution is 2.24. The molecule has 0 aromatic heterocycles. The fraction of sp³-hybridized carbons (Fsp3) is 0.455. The highest BCUT2D eigenvalue weighted by atomic mass is 32.1. The monoisotopic (exact) mass is 244 g/mol. The third-order valence-corrected chi connectivity index (χ3v) is 2.17. The number of methoxy groups -OCH3 is 2. The van der Waals surface area contributed by atoms with E-state index in [1.54, 1.807) is 20.3 Å². The van der Waals surface area contributed by atoms with Gasteiger partial charge in [-0.25, -0.2) is 0 Å². The van der Waals surface area contributed by atoms with E-state index in [1.165, 1.54) is 0 Å². The molecule has 0 radical (unpaired) electrons. The van der Waals surface area contributed by atoms with Crippen LogP contribution in [0.15, 0.2) is 18.2 Å². The van der Waals surface area contributed by atoms with Crippen LogP contribution < -0.4 is 9.47 Å². The topological polar surface area (TPSA) is 36.9 Å². The van der Waals surface area contributed by atoms with Crippen molar-refractivity contribution in [3.8, 4) is 11.5 Å². The minimum Gasteiger partial charge on any atom is -0.467 e. The maximum Gasteiger partial charge on any atom is 0.188 e. The molecular formula is C11H16O4S. The first kappa shape index (κ1) is 13.2. The van der Waals surface area contributed by atoms with Crippen molar-refractivity contribution < 1.29 is 18.9 Å². The molecule has 0 fully saturated rings. The molecule has 0 N–H and O–H groups in total. The molecule has 0 atom stereocenters. The molecule has 0 saturated carbocycles. The summed E-state index contributed by atoms with van der Waals surface area (Å²) in [6.07, 6.45) is 0. The van der Waals surface area contributed by atoms with E-state index >= 15 is 0 Å². The number of hydrogen-bond acceptors (Lipinski definition) is 5. The summed E-state index contributed by atoms with van der Waals surface area (Å²) in [7, 11) is 3.15. The van der Waals surface area contributed by atoms with Crippen LogP contribution in [0, 0.1) is 0 Å². The predicted octanol–water partition coefficient (Wildman–Crippen LogP) is 2.08. The summed E-state index contributed by atoms with van der Waals surface area (Å²) in [6.45, 7) is 0.416. The van der Waals surface area contributed by atoms with E-state index < -0.39 is 0 Å². The second kappa shape index (κ2) is 7.38. The van der Waals surface area contributed by atoms with Gasteiger partial charge in [0, 0.05) is 26.0 Å². The molecule has 90 valence electrons. The lowest BCUT2D eigenvalue weighted by Crippen LogP contribution is -2.02. The quantitative estimate of drug-likeness (QED) is 0.588. The van der Waals surface area contributed by atoms with Crippen LogP contribution in [0.3, 0.4) is 0 Å². The summed E-state index contributed by atoms with van der Waals surface area (Å²) in [4.78, 5) is 0. The van der Waals surface area contributed by atoms with Gasteiger partial charge in [-0.1, -0.05) is 0 Å². The lowest BCUT2D eigenvalue weighted by atomic mass is 10.2. The minimum atomic E-state index is 0.208. The highest BCUT2D eigenvalue weighted by molar-refractivity contribution is 7.79. The largest absolute Gasteiger partial charge is 0.467 e. The second-order valence-corrected chi connectivity index (χ2v) is 3.39. The van der Waals surface area contributed by atoms with Gasteiger partial charge < -0.3 is 18.9 Å². The van der Waals surface area contributed by atoms with E-state index in [1.807, 2.05) is 12.1 Å². The summed E-state index contributed by atoms with van der Waals surface area (Å²) in [6, 6.07) is 5.57. The zero-order chi connectivity index (χ0) is 11.8. The molecule has 0 aliphatic carbocycles. The van der Waals surface area contributed by atoms with Crippen molar-refractivity contribution in [2.45, 2.75) is 5.75 Å². The summed E-state index contributed by atoms with van der Waals surface area (Å²) in [5, 5.41) is 0. The normalized spacial score (nSPS) is 10.2. The zero-order valence-electron chi connectivity index (χ0n) is 9.43. The SMILES string of the molecule is COCOc1cc(CS)cc(OCOC)c1. The van der Waals surface area contributed by atoms with Gasteiger partial charge in [-0.2, -0.15) is 12.6 Å². The Morgan fingerprint density at radius 3 is 1.81 bits per heavy atom. The maximum atomic E-state index is 5.34. The van der Waals surface area contributed by atoms with E-state index in [9.17, 15) is 0 Å². The van der Waals surface area contributed by atoms with Crippen molar-refractivity contribution >= 4 is 12.6 Å². The molecule has 16 heavy (non-hydrogen) atoms. The van der Waals surface area contributed by atoms with E-state index in [0.717, 1.165) is 5.56 Å². The summed E-state index contributed by atoms with van der Waals surface area (Å²) in [5.74, 6) is 2.01. The fourth-order valence-corrected chi connectivity index (χ4v) is 1.33. The van der Waals surface area contributed by atoms with Crippen LogP contribution in [0.1, 0.15) is 5.56 Å². The van der Waals surface area contributed by atoms with Crippen molar-refractivity contribution in [1.29, 1.82) is 0 Å². The average molecular weight is 244 g/mol. The molecule has 0 aliphatic heterocycles. The molecule has 0 unspecified atom stereocenters. The van der Waals surface area contributed by atoms with Gasteiger partial charge in [-0.3, -0.25) is 0 Å². The highest BCUT2D eigenvalue weighted by Gasteiger charge is 2.02. The van der Waals surface area contributed by atoms with Gasteiger partial charge in [0.05, 0.1) is 0 Å². The molecule has 1 aromatic carbocycles. The molecule has 0 aliphatic rings. The molecule has 0 spiro atoms. The molecule has 1 aromatic rings. The summed E-state index contributed by atoms with van der Waals surface area (Å²) >= 11 is 4.21. The molecular weight excluding hydrogens is 228 g/mol. The van der Waals surface area contributed by atoms with E-state index in [4.69, 9.17) is 18.9 Å². The zero-order valence-corrected chi connectivity index (χ0v) is 10.3. The number of ether oxygens (including phenoxy) is 4. The van der Waals surface area contributed by atoms with E-state index in [0.29, 0.717) is 17.3 Å². The van der Waals surface area contributed by atoms with Crippen LogP contribution in [0.2, 0.25) is 0 Å². The van der Waals surface area contributed by atoms with Gasteiger partial charge >= 0.3 is 0 Å². The fourth-order valence-electron chi connectivity index (χ4n) is 1.14. The average Bonchev–Trinajstić information content (AvgIpc) is 2.33. The molecule has 0 bridgehead atoms. The smallest absolute Gasteiger partial charge is 0.188 e. The van der Waals surface area contributed by atoms with Crippen molar-refractivity contribution in [3.05, 3.63) is 23.8 Å². The van der Waals surface area contributed by atoms with Gasteiger partial charge in [-0.15, -0.1) is 0 Å². The third-order valence-electron chi connectivity index (χ3n) is 1.81. The second-order valence-electron chi connectivity index (χ2n) is 3.07. The van der Waals surface area contributed by atoms with Crippen molar-refractivity contribution in [1.82, 2.24) is 0 Å². The number of rotatable bonds is 7. The predicted molar refractivity (Wildman–Crippen MR) is 64.1 cm³/mol. The first-order chi connectivity index (χ1) is 7.80. The Balaban J connectivity index is 2.74. The molecule has 0 amide bonds. The third kappa shape index (κ3) is 4.30. The van der Waals surface area contributed by atoms with Crippen LogP contribution in [0.4, 0.5) is 0 Å². The Bertz CT molecular complexity index is 291. The van der Waals surface area contributed by atoms with Crippen molar-refractivity contribution in [2.24, 2.45) is 0 Å². The van der Waals surface area contributed by atoms with Crippen LogP contribution in [-0.2, 0) is 15.2 Å². The summed E-state index contributed by atoms with van der Waals surface area (Å²) < 4.78 is 20.3. The van der Waals surface area contributed by atoms with Crippen molar-refractivity contribution in [3.63, 3.8) is 0 Å². The summed E-state index contributed by atoms with van der Waals surface area (Å²) in [5.41, 5.74) is 1.02. The van der Waals surface area contributed by atoms with Gasteiger partial charge in [0.1, 0.15) is 11.5 Å². The van der Waals surface area contributed by atoms with E-state index in [2.05, 4.69) is 12.6 Å². The number of thiol groups is 1. The van der Waals surface area contributed by atoms with Gasteiger partial charge in [0.25, 0.3) is 0 Å². The van der Waals surface area contributed by atoms with Crippen molar-refractivity contribution in [2.75, 3.05) is 27.8 Å². The molecule has 1 rings (SSSR count). The Morgan fingerprint density at radius 1 is 0.938 bits per heavy atom. The molecule has 0 saturated heterocycles. The molecule has 0 heterocycles. The Hall–Kier alpha value is -0.910. The lowest BCUT2D eigenvalue weighted by Gasteiger charge is -2.10. The van der Waals surface area contributed by atoms with Crippen LogP contribution in [0.25, 0.3) is 0 Å². The Labute approximate surface area is 101 Å². The van der Waals surface area contributed by atoms with Gasteiger partial charge in [-0.05, 0) is 17.7 Å². The Morgan fingerprint density at radius 2 is 1.44 bits per heavy atom.